The van der Waals surface area contributed by atoms with Gasteiger partial charge in [-0.3, -0.25) is 19.6 Å². The Kier molecular flexibility index (Phi) is 7.12. The number of anilines is 2. The molecule has 2 heterocycles. The van der Waals surface area contributed by atoms with E-state index in [2.05, 4.69) is 25.7 Å². The van der Waals surface area contributed by atoms with Crippen molar-refractivity contribution in [1.29, 1.82) is 0 Å². The normalized spacial score (nSPS) is 13.6. The molecule has 3 aromatic rings. The molecule has 0 spiro atoms. The predicted octanol–water partition coefficient (Wildman–Crippen LogP) is 3.81. The molecule has 3 N–H and O–H groups in total. The number of benzene rings is 2. The quantitative estimate of drug-likeness (QED) is 0.462. The Bertz CT molecular complexity index is 1170. The fourth-order valence-electron chi connectivity index (χ4n) is 3.66. The van der Waals surface area contributed by atoms with Crippen LogP contribution in [0, 0.1) is 17.5 Å². The maximum atomic E-state index is 13.9. The van der Waals surface area contributed by atoms with Gasteiger partial charge in [-0.1, -0.05) is 6.07 Å². The second-order valence-electron chi connectivity index (χ2n) is 7.70. The van der Waals surface area contributed by atoms with Gasteiger partial charge in [0.15, 0.2) is 0 Å². The molecular formula is C23H22F3N5O3. The van der Waals surface area contributed by atoms with Gasteiger partial charge < -0.3 is 15.4 Å². The van der Waals surface area contributed by atoms with Crippen LogP contribution in [0.25, 0.3) is 0 Å². The number of likely N-dealkylation sites (tertiary alicyclic amines) is 1. The van der Waals surface area contributed by atoms with Crippen molar-refractivity contribution < 1.29 is 27.5 Å². The lowest BCUT2D eigenvalue weighted by molar-refractivity contribution is 0.101. The summed E-state index contributed by atoms with van der Waals surface area (Å²) in [6, 6.07) is 6.73. The second kappa shape index (κ2) is 10.4. The molecular weight excluding hydrogens is 451 g/mol. The number of ether oxygens (including phenoxy) is 1. The molecule has 1 saturated heterocycles. The molecule has 0 unspecified atom stereocenters. The fraction of sp³-hybridized carbons (Fsp3) is 0.261. The number of nitrogens with one attached hydrogen (secondary N) is 3. The van der Waals surface area contributed by atoms with Gasteiger partial charge in [-0.15, -0.1) is 0 Å². The van der Waals surface area contributed by atoms with Crippen molar-refractivity contribution in [3.63, 3.8) is 0 Å². The summed E-state index contributed by atoms with van der Waals surface area (Å²) in [4.78, 5) is 27.5. The largest absolute Gasteiger partial charge is 0.490 e. The first-order valence-electron chi connectivity index (χ1n) is 10.7. The number of hydrogen-bond donors (Lipinski definition) is 3. The Balaban J connectivity index is 1.46. The summed E-state index contributed by atoms with van der Waals surface area (Å²) in [6.45, 7) is 3.06. The molecule has 0 bridgehead atoms. The molecule has 0 saturated carbocycles. The summed E-state index contributed by atoms with van der Waals surface area (Å²) in [7, 11) is 0. The topological polar surface area (TPSA) is 99.3 Å². The fourth-order valence-corrected chi connectivity index (χ4v) is 3.66. The number of hydrogen-bond acceptors (Lipinski definition) is 5. The van der Waals surface area contributed by atoms with Crippen molar-refractivity contribution in [3.8, 4) is 5.75 Å². The van der Waals surface area contributed by atoms with E-state index >= 15 is 0 Å². The Morgan fingerprint density at radius 1 is 1.00 bits per heavy atom. The SMILES string of the molecule is O=C(Nc1cc(F)ccc1OCCN1CCCC1)c1[nH]ncc1NC(=O)c1c(F)cccc1F. The molecule has 1 fully saturated rings. The first-order chi connectivity index (χ1) is 16.4. The van der Waals surface area contributed by atoms with Gasteiger partial charge in [-0.2, -0.15) is 5.10 Å². The number of nitrogens with zero attached hydrogens (tertiary/aromatic N) is 2. The molecule has 1 aliphatic heterocycles. The lowest BCUT2D eigenvalue weighted by atomic mass is 10.2. The van der Waals surface area contributed by atoms with E-state index < -0.39 is 34.8 Å². The molecule has 0 atom stereocenters. The minimum atomic E-state index is -1.09. The highest BCUT2D eigenvalue weighted by atomic mass is 19.1. The molecule has 34 heavy (non-hydrogen) atoms. The van der Waals surface area contributed by atoms with Gasteiger partial charge in [0.25, 0.3) is 11.8 Å². The Morgan fingerprint density at radius 3 is 2.44 bits per heavy atom. The van der Waals surface area contributed by atoms with E-state index in [1.165, 1.54) is 12.1 Å². The van der Waals surface area contributed by atoms with E-state index in [0.717, 1.165) is 56.4 Å². The minimum Gasteiger partial charge on any atom is -0.490 e. The van der Waals surface area contributed by atoms with Crippen molar-refractivity contribution in [3.05, 3.63) is 71.3 Å². The van der Waals surface area contributed by atoms with Crippen molar-refractivity contribution >= 4 is 23.2 Å². The monoisotopic (exact) mass is 473 g/mol. The highest BCUT2D eigenvalue weighted by molar-refractivity contribution is 6.11. The first-order valence-corrected chi connectivity index (χ1v) is 10.7. The summed E-state index contributed by atoms with van der Waals surface area (Å²) in [5, 5.41) is 10.9. The summed E-state index contributed by atoms with van der Waals surface area (Å²) in [6.07, 6.45) is 3.40. The molecule has 1 aliphatic rings. The first kappa shape index (κ1) is 23.3. The lowest BCUT2D eigenvalue weighted by Gasteiger charge is -2.17. The Hall–Kier alpha value is -3.86. The number of rotatable bonds is 8. The number of halogens is 3. The van der Waals surface area contributed by atoms with E-state index in [-0.39, 0.29) is 22.8 Å². The van der Waals surface area contributed by atoms with E-state index in [0.29, 0.717) is 13.2 Å². The van der Waals surface area contributed by atoms with Crippen LogP contribution in [0.4, 0.5) is 24.5 Å². The average molecular weight is 473 g/mol. The molecule has 4 rings (SSSR count). The minimum absolute atomic E-state index is 0.0819. The molecule has 1 aromatic heterocycles. The van der Waals surface area contributed by atoms with E-state index in [9.17, 15) is 22.8 Å². The smallest absolute Gasteiger partial charge is 0.275 e. The van der Waals surface area contributed by atoms with Crippen molar-refractivity contribution in [2.24, 2.45) is 0 Å². The van der Waals surface area contributed by atoms with Crippen LogP contribution in [0.5, 0.6) is 5.75 Å². The van der Waals surface area contributed by atoms with Gasteiger partial charge >= 0.3 is 0 Å². The van der Waals surface area contributed by atoms with E-state index in [1.54, 1.807) is 0 Å². The zero-order valence-corrected chi connectivity index (χ0v) is 18.0. The van der Waals surface area contributed by atoms with Crippen molar-refractivity contribution in [2.45, 2.75) is 12.8 Å². The van der Waals surface area contributed by atoms with Gasteiger partial charge in [0, 0.05) is 12.6 Å². The zero-order chi connectivity index (χ0) is 24.1. The van der Waals surface area contributed by atoms with Gasteiger partial charge in [0.2, 0.25) is 0 Å². The lowest BCUT2D eigenvalue weighted by Crippen LogP contribution is -2.25. The van der Waals surface area contributed by atoms with Crippen LogP contribution in [0.3, 0.4) is 0 Å². The van der Waals surface area contributed by atoms with Crippen molar-refractivity contribution in [1.82, 2.24) is 15.1 Å². The number of H-pyrrole nitrogens is 1. The third-order valence-electron chi connectivity index (χ3n) is 5.36. The maximum absolute atomic E-state index is 13.9. The number of aromatic amines is 1. The van der Waals surface area contributed by atoms with E-state index in [1.807, 2.05) is 0 Å². The summed E-state index contributed by atoms with van der Waals surface area (Å²) in [5.41, 5.74) is -1.03. The number of aromatic nitrogens is 2. The molecule has 178 valence electrons. The van der Waals surface area contributed by atoms with Gasteiger partial charge in [-0.05, 0) is 50.2 Å². The molecule has 0 aliphatic carbocycles. The van der Waals surface area contributed by atoms with Gasteiger partial charge in [0.05, 0.1) is 17.6 Å². The Morgan fingerprint density at radius 2 is 1.71 bits per heavy atom. The Labute approximate surface area is 193 Å². The third-order valence-corrected chi connectivity index (χ3v) is 5.36. The predicted molar refractivity (Wildman–Crippen MR) is 118 cm³/mol. The van der Waals surface area contributed by atoms with Crippen LogP contribution < -0.4 is 15.4 Å². The van der Waals surface area contributed by atoms with Gasteiger partial charge in [0.1, 0.15) is 41.1 Å². The molecule has 2 aromatic carbocycles. The number of carbonyl (C=O) groups excluding carboxylic acids is 2. The summed E-state index contributed by atoms with van der Waals surface area (Å²) in [5.74, 6) is -4.28. The van der Waals surface area contributed by atoms with E-state index in [4.69, 9.17) is 4.74 Å². The van der Waals surface area contributed by atoms with Crippen molar-refractivity contribution in [2.75, 3.05) is 36.9 Å². The number of amides is 2. The van der Waals surface area contributed by atoms with Crippen LogP contribution in [-0.2, 0) is 0 Å². The van der Waals surface area contributed by atoms with Gasteiger partial charge in [-0.25, -0.2) is 13.2 Å². The molecule has 8 nitrogen and oxygen atoms in total. The molecule has 2 amide bonds. The zero-order valence-electron chi connectivity index (χ0n) is 18.0. The maximum Gasteiger partial charge on any atom is 0.275 e. The highest BCUT2D eigenvalue weighted by Crippen LogP contribution is 2.27. The second-order valence-corrected chi connectivity index (χ2v) is 7.70. The van der Waals surface area contributed by atoms with Crippen LogP contribution in [0.2, 0.25) is 0 Å². The standard InChI is InChI=1S/C23H22F3N5O3/c24-14-6-7-19(34-11-10-31-8-1-2-9-31)17(12-14)28-23(33)21-18(13-27-30-21)29-22(32)20-15(25)4-3-5-16(20)26/h3-7,12-13H,1-2,8-11H2,(H,27,30)(H,28,33)(H,29,32). The molecule has 11 heteroatoms. The summed E-state index contributed by atoms with van der Waals surface area (Å²) < 4.78 is 47.4. The average Bonchev–Trinajstić information content (AvgIpc) is 3.47. The number of carbonyl (C=O) groups is 2. The van der Waals surface area contributed by atoms with Crippen LogP contribution >= 0.6 is 0 Å². The third kappa shape index (κ3) is 5.37. The molecule has 0 radical (unpaired) electrons. The van der Waals surface area contributed by atoms with Crippen LogP contribution in [0.1, 0.15) is 33.7 Å². The van der Waals surface area contributed by atoms with Crippen LogP contribution in [0.15, 0.2) is 42.6 Å². The highest BCUT2D eigenvalue weighted by Gasteiger charge is 2.22. The van der Waals surface area contributed by atoms with Crippen LogP contribution in [-0.4, -0.2) is 53.2 Å². The summed E-state index contributed by atoms with van der Waals surface area (Å²) >= 11 is 0.